The molecular formula is C17H18N4O5. The van der Waals surface area contributed by atoms with Crippen LogP contribution in [0.15, 0.2) is 58.3 Å². The number of aliphatic imine (C=N–C) groups is 1. The first-order valence-electron chi connectivity index (χ1n) is 7.70. The van der Waals surface area contributed by atoms with E-state index in [1.54, 1.807) is 12.5 Å². The predicted octanol–water partition coefficient (Wildman–Crippen LogP) is 1.47. The topological polar surface area (TPSA) is 137 Å². The van der Waals surface area contributed by atoms with E-state index in [0.29, 0.717) is 24.6 Å². The van der Waals surface area contributed by atoms with Gasteiger partial charge < -0.3 is 25.3 Å². The van der Waals surface area contributed by atoms with E-state index in [-0.39, 0.29) is 0 Å². The van der Waals surface area contributed by atoms with Crippen LogP contribution in [-0.2, 0) is 9.59 Å². The molecule has 4 N–H and O–H groups in total. The summed E-state index contributed by atoms with van der Waals surface area (Å²) in [5.74, 6) is -0.892. The first-order valence-corrected chi connectivity index (χ1v) is 7.70. The zero-order valence-corrected chi connectivity index (χ0v) is 13.8. The van der Waals surface area contributed by atoms with Crippen LogP contribution in [0.25, 0.3) is 11.5 Å². The second-order valence-electron chi connectivity index (χ2n) is 5.00. The Morgan fingerprint density at radius 1 is 1.23 bits per heavy atom. The summed E-state index contributed by atoms with van der Waals surface area (Å²) < 4.78 is 5.34. The molecule has 0 saturated heterocycles. The number of para-hydroxylation sites is 1. The first-order chi connectivity index (χ1) is 12.6. The summed E-state index contributed by atoms with van der Waals surface area (Å²) in [5.41, 5.74) is 1.96. The summed E-state index contributed by atoms with van der Waals surface area (Å²) in [6, 6.07) is 7.95. The average Bonchev–Trinajstić information content (AvgIpc) is 3.33. The number of benzene rings is 1. The predicted molar refractivity (Wildman–Crippen MR) is 95.1 cm³/mol. The number of anilines is 1. The number of nitrogens with one attached hydrogen (secondary N) is 2. The second kappa shape index (κ2) is 9.62. The molecule has 1 aromatic carbocycles. The van der Waals surface area contributed by atoms with Gasteiger partial charge in [0.05, 0.1) is 24.8 Å². The standard InChI is InChI=1S/C13H14N4O.C4H4O4/c1-2-4-11(17-9-12-14-5-6-15-12)10(3-1)13-16-7-8-18-13;5-3(6)1-2-4(7)8/h1-4,7-8,17H,5-6,9H2,(H,14,15);1-2H,(H,5,6)(H,7,8). The number of rotatable bonds is 6. The lowest BCUT2D eigenvalue weighted by Gasteiger charge is -2.10. The Kier molecular flexibility index (Phi) is 6.93. The molecule has 136 valence electrons. The molecule has 2 heterocycles. The molecule has 0 saturated carbocycles. The molecule has 3 rings (SSSR count). The maximum Gasteiger partial charge on any atom is 0.328 e. The minimum absolute atomic E-state index is 0.558. The molecule has 0 unspecified atom stereocenters. The van der Waals surface area contributed by atoms with Gasteiger partial charge in [-0.3, -0.25) is 4.99 Å². The van der Waals surface area contributed by atoms with E-state index in [0.717, 1.165) is 30.2 Å². The Hall–Kier alpha value is -3.62. The molecule has 2 aromatic rings. The molecule has 1 aromatic heterocycles. The normalized spacial score (nSPS) is 12.7. The zero-order valence-electron chi connectivity index (χ0n) is 13.8. The minimum Gasteiger partial charge on any atom is -0.478 e. The molecule has 0 atom stereocenters. The number of oxazole rings is 1. The van der Waals surface area contributed by atoms with Crippen molar-refractivity contribution in [2.24, 2.45) is 4.99 Å². The van der Waals surface area contributed by atoms with Crippen LogP contribution in [0.5, 0.6) is 0 Å². The van der Waals surface area contributed by atoms with Gasteiger partial charge in [0.25, 0.3) is 0 Å². The lowest BCUT2D eigenvalue weighted by molar-refractivity contribution is -0.134. The van der Waals surface area contributed by atoms with Crippen molar-refractivity contribution in [3.63, 3.8) is 0 Å². The number of hydrogen-bond acceptors (Lipinski definition) is 7. The number of nitrogens with zero attached hydrogens (tertiary/aromatic N) is 2. The summed E-state index contributed by atoms with van der Waals surface area (Å²) in [6.07, 6.45) is 4.34. The van der Waals surface area contributed by atoms with Gasteiger partial charge in [0, 0.05) is 24.4 Å². The number of carboxylic acids is 2. The van der Waals surface area contributed by atoms with Crippen LogP contribution in [0.3, 0.4) is 0 Å². The fraction of sp³-hybridized carbons (Fsp3) is 0.176. The second-order valence-corrected chi connectivity index (χ2v) is 5.00. The van der Waals surface area contributed by atoms with Crippen molar-refractivity contribution >= 4 is 23.5 Å². The Balaban J connectivity index is 0.000000260. The monoisotopic (exact) mass is 358 g/mol. The van der Waals surface area contributed by atoms with Gasteiger partial charge in [-0.2, -0.15) is 0 Å². The highest BCUT2D eigenvalue weighted by molar-refractivity contribution is 5.89. The van der Waals surface area contributed by atoms with Gasteiger partial charge in [-0.1, -0.05) is 12.1 Å². The van der Waals surface area contributed by atoms with Gasteiger partial charge in [-0.25, -0.2) is 14.6 Å². The van der Waals surface area contributed by atoms with Crippen molar-refractivity contribution in [2.75, 3.05) is 25.0 Å². The van der Waals surface area contributed by atoms with Gasteiger partial charge in [0.1, 0.15) is 12.1 Å². The van der Waals surface area contributed by atoms with Crippen LogP contribution < -0.4 is 10.6 Å². The van der Waals surface area contributed by atoms with Crippen molar-refractivity contribution in [2.45, 2.75) is 0 Å². The third kappa shape index (κ3) is 6.11. The molecule has 26 heavy (non-hydrogen) atoms. The molecule has 1 aliphatic rings. The van der Waals surface area contributed by atoms with Crippen molar-refractivity contribution < 1.29 is 24.2 Å². The Bertz CT molecular complexity index is 783. The summed E-state index contributed by atoms with van der Waals surface area (Å²) in [4.78, 5) is 27.6. The van der Waals surface area contributed by atoms with Gasteiger partial charge >= 0.3 is 11.9 Å². The van der Waals surface area contributed by atoms with Crippen LogP contribution in [0.4, 0.5) is 5.69 Å². The number of hydrogen-bond donors (Lipinski definition) is 4. The highest BCUT2D eigenvalue weighted by Crippen LogP contribution is 2.25. The summed E-state index contributed by atoms with van der Waals surface area (Å²) in [7, 11) is 0. The SMILES string of the molecule is O=C(O)C=CC(=O)O.c1ccc(-c2ncco2)c(NCC2=NCCN2)c1. The third-order valence-corrected chi connectivity index (χ3v) is 3.15. The maximum atomic E-state index is 9.55. The quantitative estimate of drug-likeness (QED) is 0.570. The van der Waals surface area contributed by atoms with Gasteiger partial charge in [0.2, 0.25) is 5.89 Å². The van der Waals surface area contributed by atoms with Crippen molar-refractivity contribution in [3.8, 4) is 11.5 Å². The van der Waals surface area contributed by atoms with Gasteiger partial charge in [-0.15, -0.1) is 0 Å². The summed E-state index contributed by atoms with van der Waals surface area (Å²) in [6.45, 7) is 2.48. The number of aromatic nitrogens is 1. The van der Waals surface area contributed by atoms with Crippen LogP contribution in [0.2, 0.25) is 0 Å². The molecule has 9 heteroatoms. The molecule has 0 fully saturated rings. The maximum absolute atomic E-state index is 9.55. The van der Waals surface area contributed by atoms with Crippen molar-refractivity contribution in [1.29, 1.82) is 0 Å². The molecule has 1 aliphatic heterocycles. The molecule has 0 bridgehead atoms. The number of carboxylic acid groups (broad SMARTS) is 2. The largest absolute Gasteiger partial charge is 0.478 e. The molecule has 9 nitrogen and oxygen atoms in total. The Morgan fingerprint density at radius 3 is 2.54 bits per heavy atom. The molecule has 0 radical (unpaired) electrons. The molecule has 0 spiro atoms. The van der Waals surface area contributed by atoms with E-state index >= 15 is 0 Å². The number of amidine groups is 1. The highest BCUT2D eigenvalue weighted by atomic mass is 16.4. The van der Waals surface area contributed by atoms with E-state index in [2.05, 4.69) is 20.6 Å². The van der Waals surface area contributed by atoms with E-state index in [9.17, 15) is 9.59 Å². The van der Waals surface area contributed by atoms with Crippen molar-refractivity contribution in [3.05, 3.63) is 48.9 Å². The summed E-state index contributed by atoms with van der Waals surface area (Å²) >= 11 is 0. The van der Waals surface area contributed by atoms with Gasteiger partial charge in [-0.05, 0) is 12.1 Å². The van der Waals surface area contributed by atoms with Crippen LogP contribution in [-0.4, -0.2) is 52.6 Å². The summed E-state index contributed by atoms with van der Waals surface area (Å²) in [5, 5.41) is 22.2. The van der Waals surface area contributed by atoms with E-state index in [1.807, 2.05) is 24.3 Å². The van der Waals surface area contributed by atoms with Crippen molar-refractivity contribution in [1.82, 2.24) is 10.3 Å². The van der Waals surface area contributed by atoms with E-state index in [4.69, 9.17) is 14.6 Å². The minimum atomic E-state index is -1.26. The van der Waals surface area contributed by atoms with E-state index in [1.165, 1.54) is 0 Å². The molecule has 0 aliphatic carbocycles. The average molecular weight is 358 g/mol. The Morgan fingerprint density at radius 2 is 1.96 bits per heavy atom. The van der Waals surface area contributed by atoms with Gasteiger partial charge in [0.15, 0.2) is 0 Å². The van der Waals surface area contributed by atoms with Crippen LogP contribution >= 0.6 is 0 Å². The molecule has 0 amide bonds. The third-order valence-electron chi connectivity index (χ3n) is 3.15. The van der Waals surface area contributed by atoms with Crippen LogP contribution in [0.1, 0.15) is 0 Å². The van der Waals surface area contributed by atoms with Crippen LogP contribution in [0, 0.1) is 0 Å². The highest BCUT2D eigenvalue weighted by Gasteiger charge is 2.10. The number of aliphatic carboxylic acids is 2. The van der Waals surface area contributed by atoms with E-state index < -0.39 is 11.9 Å². The fourth-order valence-electron chi connectivity index (χ4n) is 2.07. The lowest BCUT2D eigenvalue weighted by atomic mass is 10.2. The molecular weight excluding hydrogens is 340 g/mol. The first kappa shape index (κ1) is 18.7. The zero-order chi connectivity index (χ0) is 18.8. The smallest absolute Gasteiger partial charge is 0.328 e. The Labute approximate surface area is 149 Å². The number of carbonyl (C=O) groups is 2. The fourth-order valence-corrected chi connectivity index (χ4v) is 2.07. The lowest BCUT2D eigenvalue weighted by Crippen LogP contribution is -2.26.